The lowest BCUT2D eigenvalue weighted by molar-refractivity contribution is 0.0793. The number of likely N-dealkylation sites (tertiary alicyclic amines) is 1. The zero-order valence-corrected chi connectivity index (χ0v) is 14.6. The average Bonchev–Trinajstić information content (AvgIpc) is 3.09. The molecule has 5 heteroatoms. The van der Waals surface area contributed by atoms with E-state index in [1.807, 2.05) is 11.0 Å². The Balaban J connectivity index is 1.76. The molecule has 0 aliphatic carbocycles. The molecule has 0 saturated carbocycles. The molecule has 1 aliphatic rings. The standard InChI is InChI=1S/C19H21NO3S/c1-15-6-2-3-7-18(15)24(22,23)14-16-8-10-17(11-9-16)19(21)20-12-4-5-13-20/h2-3,6-11H,4-5,12-14H2,1H3. The van der Waals surface area contributed by atoms with Crippen molar-refractivity contribution in [1.29, 1.82) is 0 Å². The molecule has 1 amide bonds. The number of hydrogen-bond acceptors (Lipinski definition) is 3. The Labute approximate surface area is 143 Å². The third-order valence-electron chi connectivity index (χ3n) is 4.38. The second-order valence-corrected chi connectivity index (χ2v) is 8.18. The van der Waals surface area contributed by atoms with Gasteiger partial charge in [0.15, 0.2) is 9.84 Å². The summed E-state index contributed by atoms with van der Waals surface area (Å²) in [5, 5.41) is 0. The first-order valence-electron chi connectivity index (χ1n) is 8.14. The van der Waals surface area contributed by atoms with Gasteiger partial charge in [-0.15, -0.1) is 0 Å². The molecule has 1 saturated heterocycles. The van der Waals surface area contributed by atoms with E-state index < -0.39 is 9.84 Å². The van der Waals surface area contributed by atoms with Crippen LogP contribution < -0.4 is 0 Å². The molecular weight excluding hydrogens is 322 g/mol. The van der Waals surface area contributed by atoms with Gasteiger partial charge >= 0.3 is 0 Å². The first kappa shape index (κ1) is 16.7. The Morgan fingerprint density at radius 2 is 1.62 bits per heavy atom. The molecule has 0 bridgehead atoms. The highest BCUT2D eigenvalue weighted by molar-refractivity contribution is 7.90. The maximum Gasteiger partial charge on any atom is 0.253 e. The van der Waals surface area contributed by atoms with E-state index in [-0.39, 0.29) is 11.7 Å². The van der Waals surface area contributed by atoms with Crippen molar-refractivity contribution in [2.45, 2.75) is 30.4 Å². The lowest BCUT2D eigenvalue weighted by Gasteiger charge is -2.15. The summed E-state index contributed by atoms with van der Waals surface area (Å²) in [5.41, 5.74) is 2.06. The predicted octanol–water partition coefficient (Wildman–Crippen LogP) is 3.20. The van der Waals surface area contributed by atoms with Gasteiger partial charge in [0, 0.05) is 18.7 Å². The third kappa shape index (κ3) is 3.51. The van der Waals surface area contributed by atoms with Crippen LogP contribution in [0.5, 0.6) is 0 Å². The van der Waals surface area contributed by atoms with Crippen LogP contribution in [-0.2, 0) is 15.6 Å². The van der Waals surface area contributed by atoms with Gasteiger partial charge in [0.1, 0.15) is 0 Å². The SMILES string of the molecule is Cc1ccccc1S(=O)(=O)Cc1ccc(C(=O)N2CCCC2)cc1. The highest BCUT2D eigenvalue weighted by atomic mass is 32.2. The fourth-order valence-corrected chi connectivity index (χ4v) is 4.68. The van der Waals surface area contributed by atoms with Crippen LogP contribution in [0.4, 0.5) is 0 Å². The van der Waals surface area contributed by atoms with Crippen LogP contribution in [0.2, 0.25) is 0 Å². The molecule has 0 spiro atoms. The summed E-state index contributed by atoms with van der Waals surface area (Å²) >= 11 is 0. The Kier molecular flexibility index (Phi) is 4.71. The first-order valence-corrected chi connectivity index (χ1v) is 9.79. The molecule has 1 aliphatic heterocycles. The number of aryl methyl sites for hydroxylation is 1. The smallest absolute Gasteiger partial charge is 0.253 e. The van der Waals surface area contributed by atoms with Crippen molar-refractivity contribution >= 4 is 15.7 Å². The molecule has 24 heavy (non-hydrogen) atoms. The van der Waals surface area contributed by atoms with Gasteiger partial charge in [-0.2, -0.15) is 0 Å². The van der Waals surface area contributed by atoms with E-state index in [4.69, 9.17) is 0 Å². The summed E-state index contributed by atoms with van der Waals surface area (Å²) in [6.45, 7) is 3.41. The topological polar surface area (TPSA) is 54.5 Å². The monoisotopic (exact) mass is 343 g/mol. The van der Waals surface area contributed by atoms with Gasteiger partial charge in [-0.25, -0.2) is 8.42 Å². The number of nitrogens with zero attached hydrogens (tertiary/aromatic N) is 1. The fourth-order valence-electron chi connectivity index (χ4n) is 3.05. The molecule has 2 aromatic carbocycles. The lowest BCUT2D eigenvalue weighted by Crippen LogP contribution is -2.27. The van der Waals surface area contributed by atoms with Crippen LogP contribution >= 0.6 is 0 Å². The lowest BCUT2D eigenvalue weighted by atomic mass is 10.1. The van der Waals surface area contributed by atoms with Crippen LogP contribution in [0.1, 0.15) is 34.3 Å². The molecule has 0 atom stereocenters. The number of carbonyl (C=O) groups excluding carboxylic acids is 1. The molecular formula is C19H21NO3S. The molecule has 1 heterocycles. The van der Waals surface area contributed by atoms with Crippen molar-refractivity contribution in [1.82, 2.24) is 4.90 Å². The third-order valence-corrected chi connectivity index (χ3v) is 6.22. The van der Waals surface area contributed by atoms with E-state index in [0.717, 1.165) is 31.5 Å². The molecule has 0 radical (unpaired) electrons. The summed E-state index contributed by atoms with van der Waals surface area (Å²) < 4.78 is 25.2. The van der Waals surface area contributed by atoms with Crippen molar-refractivity contribution in [3.8, 4) is 0 Å². The normalized spacial score (nSPS) is 14.8. The van der Waals surface area contributed by atoms with Gasteiger partial charge < -0.3 is 4.90 Å². The Bertz CT molecular complexity index is 835. The zero-order chi connectivity index (χ0) is 17.2. The summed E-state index contributed by atoms with van der Waals surface area (Å²) in [7, 11) is -3.39. The molecule has 0 aromatic heterocycles. The number of rotatable bonds is 4. The van der Waals surface area contributed by atoms with Crippen LogP contribution in [0.3, 0.4) is 0 Å². The first-order chi connectivity index (χ1) is 11.5. The molecule has 0 unspecified atom stereocenters. The molecule has 3 rings (SSSR count). The van der Waals surface area contributed by atoms with Gasteiger partial charge in [0.25, 0.3) is 5.91 Å². The van der Waals surface area contributed by atoms with E-state index in [1.165, 1.54) is 0 Å². The molecule has 1 fully saturated rings. The fraction of sp³-hybridized carbons (Fsp3) is 0.316. The Morgan fingerprint density at radius 1 is 1.00 bits per heavy atom. The van der Waals surface area contributed by atoms with Crippen LogP contribution in [0.25, 0.3) is 0 Å². The second-order valence-electron chi connectivity index (χ2n) is 6.22. The maximum atomic E-state index is 12.6. The number of sulfone groups is 1. The van der Waals surface area contributed by atoms with Crippen molar-refractivity contribution < 1.29 is 13.2 Å². The van der Waals surface area contributed by atoms with E-state index in [0.29, 0.717) is 16.0 Å². The zero-order valence-electron chi connectivity index (χ0n) is 13.7. The minimum Gasteiger partial charge on any atom is -0.339 e. The Hall–Kier alpha value is -2.14. The van der Waals surface area contributed by atoms with Crippen LogP contribution in [-0.4, -0.2) is 32.3 Å². The Morgan fingerprint density at radius 3 is 2.25 bits per heavy atom. The van der Waals surface area contributed by atoms with E-state index >= 15 is 0 Å². The van der Waals surface area contributed by atoms with Gasteiger partial charge in [-0.05, 0) is 49.1 Å². The number of hydrogen-bond donors (Lipinski definition) is 0. The number of carbonyl (C=O) groups is 1. The highest BCUT2D eigenvalue weighted by Crippen LogP contribution is 2.21. The summed E-state index contributed by atoms with van der Waals surface area (Å²) in [6, 6.07) is 13.9. The van der Waals surface area contributed by atoms with Crippen molar-refractivity contribution in [2.75, 3.05) is 13.1 Å². The number of amides is 1. The average molecular weight is 343 g/mol. The predicted molar refractivity (Wildman–Crippen MR) is 93.6 cm³/mol. The quantitative estimate of drug-likeness (QED) is 0.856. The molecule has 0 N–H and O–H groups in total. The van der Waals surface area contributed by atoms with Crippen molar-refractivity contribution in [2.24, 2.45) is 0 Å². The van der Waals surface area contributed by atoms with Crippen LogP contribution in [0, 0.1) is 6.92 Å². The summed E-state index contributed by atoms with van der Waals surface area (Å²) in [6.07, 6.45) is 2.11. The molecule has 2 aromatic rings. The van der Waals surface area contributed by atoms with Crippen molar-refractivity contribution in [3.63, 3.8) is 0 Å². The highest BCUT2D eigenvalue weighted by Gasteiger charge is 2.20. The van der Waals surface area contributed by atoms with Gasteiger partial charge in [0.2, 0.25) is 0 Å². The van der Waals surface area contributed by atoms with Crippen LogP contribution in [0.15, 0.2) is 53.4 Å². The van der Waals surface area contributed by atoms with E-state index in [9.17, 15) is 13.2 Å². The summed E-state index contributed by atoms with van der Waals surface area (Å²) in [5.74, 6) is -0.0310. The van der Waals surface area contributed by atoms with Gasteiger partial charge in [-0.3, -0.25) is 4.79 Å². The largest absolute Gasteiger partial charge is 0.339 e. The molecule has 126 valence electrons. The minimum absolute atomic E-state index is 0.0285. The minimum atomic E-state index is -3.39. The maximum absolute atomic E-state index is 12.6. The van der Waals surface area contributed by atoms with Gasteiger partial charge in [0.05, 0.1) is 10.6 Å². The second kappa shape index (κ2) is 6.77. The summed E-state index contributed by atoms with van der Waals surface area (Å²) in [4.78, 5) is 14.5. The van der Waals surface area contributed by atoms with Gasteiger partial charge in [-0.1, -0.05) is 30.3 Å². The van der Waals surface area contributed by atoms with E-state index in [2.05, 4.69) is 0 Å². The number of benzene rings is 2. The molecule has 4 nitrogen and oxygen atoms in total. The van der Waals surface area contributed by atoms with Crippen molar-refractivity contribution in [3.05, 3.63) is 65.2 Å². The van der Waals surface area contributed by atoms with E-state index in [1.54, 1.807) is 49.4 Å².